The number of esters is 2. The van der Waals surface area contributed by atoms with Crippen LogP contribution in [0.4, 0.5) is 0 Å². The Morgan fingerprint density at radius 1 is 0.810 bits per heavy atom. The van der Waals surface area contributed by atoms with Gasteiger partial charge in [0.15, 0.2) is 0 Å². The van der Waals surface area contributed by atoms with Gasteiger partial charge in [0.05, 0.1) is 11.1 Å². The smallest absolute Gasteiger partial charge is 0.341 e. The average molecular weight is 282 g/mol. The molecule has 0 aromatic heterocycles. The molecule has 0 radical (unpaired) electrons. The second kappa shape index (κ2) is 7.05. The Labute approximate surface area is 122 Å². The molecular formula is C17H14O4. The van der Waals surface area contributed by atoms with E-state index in [1.54, 1.807) is 60.7 Å². The van der Waals surface area contributed by atoms with Crippen molar-refractivity contribution >= 4 is 11.9 Å². The molecule has 0 bridgehead atoms. The molecule has 2 aromatic carbocycles. The van der Waals surface area contributed by atoms with Crippen LogP contribution in [0, 0.1) is 0 Å². The molecule has 2 aromatic rings. The van der Waals surface area contributed by atoms with Crippen LogP contribution in [-0.2, 0) is 9.47 Å². The summed E-state index contributed by atoms with van der Waals surface area (Å²) in [5, 5.41) is 0. The number of carbonyl (C=O) groups is 2. The van der Waals surface area contributed by atoms with Crippen molar-refractivity contribution in [1.82, 2.24) is 0 Å². The normalized spacial score (nSPS) is 9.95. The van der Waals surface area contributed by atoms with Crippen LogP contribution < -0.4 is 0 Å². The molecule has 21 heavy (non-hydrogen) atoms. The fourth-order valence-electron chi connectivity index (χ4n) is 1.62. The number of hydrogen-bond acceptors (Lipinski definition) is 4. The summed E-state index contributed by atoms with van der Waals surface area (Å²) < 4.78 is 10.2. The maximum atomic E-state index is 11.9. The molecule has 0 aliphatic heterocycles. The van der Waals surface area contributed by atoms with Crippen LogP contribution in [0.1, 0.15) is 20.7 Å². The van der Waals surface area contributed by atoms with E-state index >= 15 is 0 Å². The molecule has 0 unspecified atom stereocenters. The van der Waals surface area contributed by atoms with Gasteiger partial charge in [0.2, 0.25) is 0 Å². The highest BCUT2D eigenvalue weighted by molar-refractivity contribution is 5.91. The molecule has 0 fully saturated rings. The third-order valence-electron chi connectivity index (χ3n) is 2.66. The summed E-state index contributed by atoms with van der Waals surface area (Å²) in [4.78, 5) is 23.7. The van der Waals surface area contributed by atoms with Crippen molar-refractivity contribution in [3.8, 4) is 0 Å². The Balaban J connectivity index is 1.99. The first-order chi connectivity index (χ1) is 10.2. The first-order valence-corrected chi connectivity index (χ1v) is 6.35. The molecule has 0 aliphatic rings. The summed E-state index contributed by atoms with van der Waals surface area (Å²) in [6.45, 7) is 3.50. The van der Waals surface area contributed by atoms with Gasteiger partial charge >= 0.3 is 11.9 Å². The van der Waals surface area contributed by atoms with Crippen LogP contribution in [0.25, 0.3) is 0 Å². The molecule has 0 saturated carbocycles. The Kier molecular flexibility index (Phi) is 4.88. The van der Waals surface area contributed by atoms with Crippen molar-refractivity contribution < 1.29 is 19.1 Å². The van der Waals surface area contributed by atoms with Crippen LogP contribution >= 0.6 is 0 Å². The van der Waals surface area contributed by atoms with Crippen LogP contribution in [0.15, 0.2) is 73.3 Å². The van der Waals surface area contributed by atoms with Crippen molar-refractivity contribution in [2.24, 2.45) is 0 Å². The van der Waals surface area contributed by atoms with Gasteiger partial charge in [0, 0.05) is 0 Å². The first kappa shape index (κ1) is 14.5. The van der Waals surface area contributed by atoms with Crippen LogP contribution in [0.3, 0.4) is 0 Å². The lowest BCUT2D eigenvalue weighted by Gasteiger charge is -2.14. The van der Waals surface area contributed by atoms with Crippen molar-refractivity contribution in [2.75, 3.05) is 0 Å². The predicted octanol–water partition coefficient (Wildman–Crippen LogP) is 3.21. The molecule has 0 atom stereocenters. The van der Waals surface area contributed by atoms with Crippen LogP contribution in [0.5, 0.6) is 0 Å². The van der Waals surface area contributed by atoms with E-state index in [0.29, 0.717) is 11.1 Å². The second-order valence-corrected chi connectivity index (χ2v) is 4.15. The molecule has 0 aliphatic carbocycles. The Morgan fingerprint density at radius 2 is 1.19 bits per heavy atom. The summed E-state index contributed by atoms with van der Waals surface area (Å²) in [5.41, 5.74) is 0.750. The largest absolute Gasteiger partial charge is 0.418 e. The molecule has 2 rings (SSSR count). The monoisotopic (exact) mass is 282 g/mol. The third kappa shape index (κ3) is 4.04. The van der Waals surface area contributed by atoms with Gasteiger partial charge in [0.25, 0.3) is 6.29 Å². The SMILES string of the molecule is C=CC(OC(=O)c1ccccc1)OC(=O)c1ccccc1. The highest BCUT2D eigenvalue weighted by atomic mass is 16.7. The fourth-order valence-corrected chi connectivity index (χ4v) is 1.62. The quantitative estimate of drug-likeness (QED) is 0.480. The summed E-state index contributed by atoms with van der Waals surface area (Å²) >= 11 is 0. The Bertz CT molecular complexity index is 566. The Morgan fingerprint density at radius 3 is 1.52 bits per heavy atom. The van der Waals surface area contributed by atoms with E-state index in [1.807, 2.05) is 0 Å². The summed E-state index contributed by atoms with van der Waals surface area (Å²) in [7, 11) is 0. The van der Waals surface area contributed by atoms with Gasteiger partial charge in [-0.05, 0) is 30.3 Å². The molecule has 0 saturated heterocycles. The zero-order valence-corrected chi connectivity index (χ0v) is 11.3. The van der Waals surface area contributed by atoms with E-state index in [2.05, 4.69) is 6.58 Å². The van der Waals surface area contributed by atoms with E-state index < -0.39 is 18.2 Å². The zero-order valence-electron chi connectivity index (χ0n) is 11.3. The van der Waals surface area contributed by atoms with E-state index in [1.165, 1.54) is 6.08 Å². The number of hydrogen-bond donors (Lipinski definition) is 0. The molecule has 0 amide bonds. The molecule has 0 heterocycles. The summed E-state index contributed by atoms with van der Waals surface area (Å²) in [5.74, 6) is -1.16. The van der Waals surface area contributed by atoms with Gasteiger partial charge in [-0.25, -0.2) is 9.59 Å². The molecular weight excluding hydrogens is 268 g/mol. The van der Waals surface area contributed by atoms with E-state index in [0.717, 1.165) is 0 Å². The third-order valence-corrected chi connectivity index (χ3v) is 2.66. The highest BCUT2D eigenvalue weighted by Crippen LogP contribution is 2.09. The van der Waals surface area contributed by atoms with Crippen LogP contribution in [-0.4, -0.2) is 18.2 Å². The fraction of sp³-hybridized carbons (Fsp3) is 0.0588. The minimum atomic E-state index is -1.13. The second-order valence-electron chi connectivity index (χ2n) is 4.15. The molecule has 106 valence electrons. The number of ether oxygens (including phenoxy) is 2. The Hall–Kier alpha value is -2.88. The van der Waals surface area contributed by atoms with Gasteiger partial charge in [-0.2, -0.15) is 0 Å². The standard InChI is InChI=1S/C17H14O4/c1-2-15(20-16(18)13-9-5-3-6-10-13)21-17(19)14-11-7-4-8-12-14/h2-12,15H,1H2. The molecule has 0 spiro atoms. The van der Waals surface area contributed by atoms with E-state index in [-0.39, 0.29) is 0 Å². The molecule has 0 N–H and O–H groups in total. The van der Waals surface area contributed by atoms with Crippen molar-refractivity contribution in [2.45, 2.75) is 6.29 Å². The van der Waals surface area contributed by atoms with Gasteiger partial charge in [-0.15, -0.1) is 0 Å². The first-order valence-electron chi connectivity index (χ1n) is 6.35. The lowest BCUT2D eigenvalue weighted by atomic mass is 10.2. The average Bonchev–Trinajstić information content (AvgIpc) is 2.55. The number of rotatable bonds is 5. The lowest BCUT2D eigenvalue weighted by molar-refractivity contribution is -0.0542. The van der Waals surface area contributed by atoms with Gasteiger partial charge in [-0.1, -0.05) is 43.0 Å². The summed E-state index contributed by atoms with van der Waals surface area (Å²) in [6, 6.07) is 16.9. The van der Waals surface area contributed by atoms with Crippen molar-refractivity contribution in [3.63, 3.8) is 0 Å². The lowest BCUT2D eigenvalue weighted by Crippen LogP contribution is -2.22. The van der Waals surface area contributed by atoms with Gasteiger partial charge in [-0.3, -0.25) is 0 Å². The maximum Gasteiger partial charge on any atom is 0.341 e. The molecule has 4 heteroatoms. The van der Waals surface area contributed by atoms with E-state index in [9.17, 15) is 9.59 Å². The van der Waals surface area contributed by atoms with Gasteiger partial charge in [0.1, 0.15) is 0 Å². The topological polar surface area (TPSA) is 52.6 Å². The van der Waals surface area contributed by atoms with Crippen molar-refractivity contribution in [3.05, 3.63) is 84.4 Å². The predicted molar refractivity (Wildman–Crippen MR) is 77.7 cm³/mol. The zero-order chi connectivity index (χ0) is 15.1. The summed E-state index contributed by atoms with van der Waals surface area (Å²) in [6.07, 6.45) is 0.118. The highest BCUT2D eigenvalue weighted by Gasteiger charge is 2.17. The van der Waals surface area contributed by atoms with Crippen LogP contribution in [0.2, 0.25) is 0 Å². The molecule has 4 nitrogen and oxygen atoms in total. The van der Waals surface area contributed by atoms with Gasteiger partial charge < -0.3 is 9.47 Å². The number of carbonyl (C=O) groups excluding carboxylic acids is 2. The number of benzene rings is 2. The minimum absolute atomic E-state index is 0.375. The minimum Gasteiger partial charge on any atom is -0.418 e. The maximum absolute atomic E-state index is 11.9. The van der Waals surface area contributed by atoms with Crippen molar-refractivity contribution in [1.29, 1.82) is 0 Å². The van der Waals surface area contributed by atoms with E-state index in [4.69, 9.17) is 9.47 Å².